The Morgan fingerprint density at radius 3 is 2.44 bits per heavy atom. The Bertz CT molecular complexity index is 863. The maximum atomic E-state index is 12.2. The Hall–Kier alpha value is -2.89. The average molecular weight is 341 g/mol. The molecule has 0 bridgehead atoms. The van der Waals surface area contributed by atoms with Crippen LogP contribution in [-0.4, -0.2) is 28.8 Å². The van der Waals surface area contributed by atoms with Crippen LogP contribution < -0.4 is 5.32 Å². The number of ether oxygens (including phenoxy) is 1. The van der Waals surface area contributed by atoms with Crippen LogP contribution in [0.15, 0.2) is 18.2 Å². The number of carbonyl (C=O) groups is 2. The van der Waals surface area contributed by atoms with Crippen LogP contribution >= 0.6 is 0 Å². The first-order chi connectivity index (χ1) is 11.7. The summed E-state index contributed by atoms with van der Waals surface area (Å²) in [5, 5.41) is 7.10. The third kappa shape index (κ3) is 3.96. The first-order valence-corrected chi connectivity index (χ1v) is 7.93. The second-order valence-corrected chi connectivity index (χ2v) is 5.99. The van der Waals surface area contributed by atoms with Crippen LogP contribution in [0.2, 0.25) is 0 Å². The summed E-state index contributed by atoms with van der Waals surface area (Å²) in [6.07, 6.45) is 3.21. The number of anilines is 1. The van der Waals surface area contributed by atoms with Crippen LogP contribution in [0.1, 0.15) is 38.4 Å². The molecule has 0 saturated carbocycles. The van der Waals surface area contributed by atoms with E-state index in [1.54, 1.807) is 16.8 Å². The first-order valence-electron chi connectivity index (χ1n) is 7.93. The van der Waals surface area contributed by atoms with Crippen molar-refractivity contribution in [1.29, 1.82) is 0 Å². The standard InChI is InChI=1S/C19H23N3O3/c1-11-9-15(10-17(12(11)2)19(24)25-6)20-18(23)8-7-16-13(3)21-22(5)14(16)4/h7-10H,1-6H3,(H,20,23)/b8-7+. The van der Waals surface area contributed by atoms with Gasteiger partial charge in [-0.25, -0.2) is 4.79 Å². The normalized spacial score (nSPS) is 11.0. The van der Waals surface area contributed by atoms with Crippen molar-refractivity contribution in [2.24, 2.45) is 7.05 Å². The van der Waals surface area contributed by atoms with Crippen molar-refractivity contribution in [3.8, 4) is 0 Å². The molecule has 2 aromatic rings. The maximum Gasteiger partial charge on any atom is 0.338 e. The molecule has 0 aliphatic rings. The Morgan fingerprint density at radius 2 is 1.88 bits per heavy atom. The molecular formula is C19H23N3O3. The molecule has 6 heteroatoms. The van der Waals surface area contributed by atoms with Gasteiger partial charge in [0.15, 0.2) is 0 Å². The molecule has 1 aromatic heterocycles. The molecule has 0 unspecified atom stereocenters. The average Bonchev–Trinajstić information content (AvgIpc) is 2.80. The van der Waals surface area contributed by atoms with Crippen molar-refractivity contribution in [3.63, 3.8) is 0 Å². The number of hydrogen-bond donors (Lipinski definition) is 1. The number of benzene rings is 1. The molecule has 132 valence electrons. The van der Waals surface area contributed by atoms with Gasteiger partial charge < -0.3 is 10.1 Å². The summed E-state index contributed by atoms with van der Waals surface area (Å²) in [6, 6.07) is 3.45. The fraction of sp³-hybridized carbons (Fsp3) is 0.316. The Morgan fingerprint density at radius 1 is 1.20 bits per heavy atom. The number of carbonyl (C=O) groups excluding carboxylic acids is 2. The van der Waals surface area contributed by atoms with E-state index < -0.39 is 5.97 Å². The third-order valence-corrected chi connectivity index (χ3v) is 4.31. The molecular weight excluding hydrogens is 318 g/mol. The van der Waals surface area contributed by atoms with E-state index in [1.165, 1.54) is 13.2 Å². The molecule has 0 atom stereocenters. The molecule has 1 aromatic carbocycles. The van der Waals surface area contributed by atoms with E-state index in [0.717, 1.165) is 28.1 Å². The molecule has 0 radical (unpaired) electrons. The van der Waals surface area contributed by atoms with Gasteiger partial charge >= 0.3 is 5.97 Å². The van der Waals surface area contributed by atoms with Gasteiger partial charge in [0.2, 0.25) is 5.91 Å². The van der Waals surface area contributed by atoms with Crippen LogP contribution in [0.4, 0.5) is 5.69 Å². The molecule has 0 fully saturated rings. The van der Waals surface area contributed by atoms with E-state index in [9.17, 15) is 9.59 Å². The number of nitrogens with one attached hydrogen (secondary N) is 1. The second-order valence-electron chi connectivity index (χ2n) is 5.99. The van der Waals surface area contributed by atoms with Crippen LogP contribution in [0.3, 0.4) is 0 Å². The van der Waals surface area contributed by atoms with Gasteiger partial charge in [0.05, 0.1) is 18.4 Å². The zero-order chi connectivity index (χ0) is 18.7. The first kappa shape index (κ1) is 18.4. The third-order valence-electron chi connectivity index (χ3n) is 4.31. The zero-order valence-electron chi connectivity index (χ0n) is 15.4. The van der Waals surface area contributed by atoms with Crippen molar-refractivity contribution in [3.05, 3.63) is 51.9 Å². The smallest absolute Gasteiger partial charge is 0.338 e. The van der Waals surface area contributed by atoms with Gasteiger partial charge in [0, 0.05) is 30.1 Å². The van der Waals surface area contributed by atoms with E-state index in [2.05, 4.69) is 10.4 Å². The molecule has 0 spiro atoms. The molecule has 0 aliphatic heterocycles. The SMILES string of the molecule is COC(=O)c1cc(NC(=O)/C=C/c2c(C)nn(C)c2C)cc(C)c1C. The molecule has 2 rings (SSSR count). The Balaban J connectivity index is 2.22. The lowest BCUT2D eigenvalue weighted by atomic mass is 10.0. The number of amides is 1. The van der Waals surface area contributed by atoms with Gasteiger partial charge in [-0.1, -0.05) is 0 Å². The number of nitrogens with zero attached hydrogens (tertiary/aromatic N) is 2. The highest BCUT2D eigenvalue weighted by molar-refractivity contribution is 6.03. The van der Waals surface area contributed by atoms with E-state index in [-0.39, 0.29) is 5.91 Å². The molecule has 1 N–H and O–H groups in total. The fourth-order valence-electron chi connectivity index (χ4n) is 2.63. The summed E-state index contributed by atoms with van der Waals surface area (Å²) in [6.45, 7) is 7.58. The van der Waals surface area contributed by atoms with Crippen LogP contribution in [0.5, 0.6) is 0 Å². The van der Waals surface area contributed by atoms with Crippen molar-refractivity contribution in [2.75, 3.05) is 12.4 Å². The molecule has 25 heavy (non-hydrogen) atoms. The number of esters is 1. The van der Waals surface area contributed by atoms with Crippen molar-refractivity contribution in [1.82, 2.24) is 9.78 Å². The summed E-state index contributed by atoms with van der Waals surface area (Å²) < 4.78 is 6.57. The van der Waals surface area contributed by atoms with E-state index in [1.807, 2.05) is 40.8 Å². The minimum atomic E-state index is -0.422. The summed E-state index contributed by atoms with van der Waals surface area (Å²) in [4.78, 5) is 24.1. The molecule has 6 nitrogen and oxygen atoms in total. The number of methoxy groups -OCH3 is 1. The second kappa shape index (κ2) is 7.34. The summed E-state index contributed by atoms with van der Waals surface area (Å²) >= 11 is 0. The minimum absolute atomic E-state index is 0.276. The van der Waals surface area contributed by atoms with Gasteiger partial charge in [-0.3, -0.25) is 9.48 Å². The zero-order valence-corrected chi connectivity index (χ0v) is 15.4. The summed E-state index contributed by atoms with van der Waals surface area (Å²) in [5.41, 5.74) is 5.51. The van der Waals surface area contributed by atoms with Crippen LogP contribution in [0, 0.1) is 27.7 Å². The van der Waals surface area contributed by atoms with Crippen molar-refractivity contribution in [2.45, 2.75) is 27.7 Å². The lowest BCUT2D eigenvalue weighted by Crippen LogP contribution is -2.11. The Labute approximate surface area is 147 Å². The molecule has 1 amide bonds. The van der Waals surface area contributed by atoms with Crippen molar-refractivity contribution < 1.29 is 14.3 Å². The van der Waals surface area contributed by atoms with Gasteiger partial charge in [0.25, 0.3) is 0 Å². The van der Waals surface area contributed by atoms with Gasteiger partial charge in [-0.2, -0.15) is 5.10 Å². The fourth-order valence-corrected chi connectivity index (χ4v) is 2.63. The minimum Gasteiger partial charge on any atom is -0.465 e. The topological polar surface area (TPSA) is 73.2 Å². The van der Waals surface area contributed by atoms with E-state index in [4.69, 9.17) is 4.74 Å². The predicted molar refractivity (Wildman–Crippen MR) is 97.6 cm³/mol. The highest BCUT2D eigenvalue weighted by Gasteiger charge is 2.13. The van der Waals surface area contributed by atoms with Crippen LogP contribution in [-0.2, 0) is 16.6 Å². The van der Waals surface area contributed by atoms with Crippen LogP contribution in [0.25, 0.3) is 6.08 Å². The monoisotopic (exact) mass is 341 g/mol. The van der Waals surface area contributed by atoms with E-state index >= 15 is 0 Å². The number of hydrogen-bond acceptors (Lipinski definition) is 4. The summed E-state index contributed by atoms with van der Waals surface area (Å²) in [7, 11) is 3.20. The highest BCUT2D eigenvalue weighted by atomic mass is 16.5. The quantitative estimate of drug-likeness (QED) is 0.685. The molecule has 0 aliphatic carbocycles. The lowest BCUT2D eigenvalue weighted by molar-refractivity contribution is -0.111. The number of rotatable bonds is 4. The predicted octanol–water partition coefficient (Wildman–Crippen LogP) is 3.09. The number of aromatic nitrogens is 2. The number of aryl methyl sites for hydroxylation is 3. The Kier molecular flexibility index (Phi) is 5.41. The maximum absolute atomic E-state index is 12.2. The van der Waals surface area contributed by atoms with E-state index in [0.29, 0.717) is 11.3 Å². The lowest BCUT2D eigenvalue weighted by Gasteiger charge is -2.11. The van der Waals surface area contributed by atoms with Crippen molar-refractivity contribution >= 4 is 23.6 Å². The summed E-state index contributed by atoms with van der Waals surface area (Å²) in [5.74, 6) is -0.699. The molecule has 1 heterocycles. The van der Waals surface area contributed by atoms with Gasteiger partial charge in [0.1, 0.15) is 0 Å². The highest BCUT2D eigenvalue weighted by Crippen LogP contribution is 2.21. The van der Waals surface area contributed by atoms with Gasteiger partial charge in [-0.15, -0.1) is 0 Å². The molecule has 0 saturated heterocycles. The largest absolute Gasteiger partial charge is 0.465 e. The van der Waals surface area contributed by atoms with Gasteiger partial charge in [-0.05, 0) is 57.0 Å².